The fourth-order valence-corrected chi connectivity index (χ4v) is 4.54. The molecule has 0 amide bonds. The summed E-state index contributed by atoms with van der Waals surface area (Å²) >= 11 is 1.79. The van der Waals surface area contributed by atoms with Crippen LogP contribution in [0.3, 0.4) is 0 Å². The molecule has 2 aliphatic rings. The number of hydrogen-bond acceptors (Lipinski definition) is 5. The minimum Gasteiger partial charge on any atom is -0.357 e. The van der Waals surface area contributed by atoms with Crippen LogP contribution in [0.15, 0.2) is 21.8 Å². The topological polar surface area (TPSA) is 46.1 Å². The minimum absolute atomic E-state index is 0. The van der Waals surface area contributed by atoms with Crippen LogP contribution in [0.25, 0.3) is 0 Å². The van der Waals surface area contributed by atoms with Crippen LogP contribution in [0.4, 0.5) is 0 Å². The van der Waals surface area contributed by atoms with Crippen LogP contribution >= 0.6 is 35.3 Å². The average molecular weight is 521 g/mol. The van der Waals surface area contributed by atoms with E-state index in [4.69, 9.17) is 4.99 Å². The summed E-state index contributed by atoms with van der Waals surface area (Å²) in [5.41, 5.74) is 1.45. The summed E-state index contributed by atoms with van der Waals surface area (Å²) in [7, 11) is 4.42. The van der Waals surface area contributed by atoms with E-state index < -0.39 is 0 Å². The average Bonchev–Trinajstić information content (AvgIpc) is 3.17. The van der Waals surface area contributed by atoms with Crippen molar-refractivity contribution < 1.29 is 0 Å². The minimum atomic E-state index is 0. The number of aliphatic imine (C=N–C) groups is 1. The number of rotatable bonds is 6. The van der Waals surface area contributed by atoms with Gasteiger partial charge in [0.15, 0.2) is 5.96 Å². The second-order valence-electron chi connectivity index (χ2n) is 7.94. The van der Waals surface area contributed by atoms with Gasteiger partial charge in [0.2, 0.25) is 0 Å². The Morgan fingerprint density at radius 1 is 1.21 bits per heavy atom. The Hall–Kier alpha value is -0.420. The van der Waals surface area contributed by atoms with E-state index in [1.807, 2.05) is 0 Å². The van der Waals surface area contributed by atoms with E-state index in [0.717, 1.165) is 58.3 Å². The van der Waals surface area contributed by atoms with Gasteiger partial charge in [-0.05, 0) is 56.3 Å². The molecule has 2 fully saturated rings. The molecular weight excluding hydrogens is 483 g/mol. The molecule has 3 heterocycles. The van der Waals surface area contributed by atoms with Crippen molar-refractivity contribution in [2.24, 2.45) is 4.99 Å². The molecule has 0 saturated carbocycles. The normalized spacial score (nSPS) is 23.4. The zero-order valence-corrected chi connectivity index (χ0v) is 20.7. The van der Waals surface area contributed by atoms with E-state index in [0.29, 0.717) is 12.1 Å². The zero-order chi connectivity index (χ0) is 19.1. The molecule has 3 rings (SSSR count). The highest BCUT2D eigenvalue weighted by Gasteiger charge is 2.23. The molecule has 2 saturated heterocycles. The maximum Gasteiger partial charge on any atom is 0.191 e. The standard InChI is InChI=1S/C20H36N6S.HI/c1-4-21-20(22-13-19-15-24(2)10-11-25(19)3)23-18-5-8-26(9-6-18)14-17-7-12-27-16-17;/h7,12,16,18-19H,4-6,8-11,13-15H2,1-3H3,(H2,21,22,23);1H. The predicted molar refractivity (Wildman–Crippen MR) is 131 cm³/mol. The van der Waals surface area contributed by atoms with Gasteiger partial charge in [-0.3, -0.25) is 14.8 Å². The maximum absolute atomic E-state index is 4.91. The highest BCUT2D eigenvalue weighted by Crippen LogP contribution is 2.15. The molecule has 0 bridgehead atoms. The van der Waals surface area contributed by atoms with E-state index in [2.05, 4.69) is 63.2 Å². The van der Waals surface area contributed by atoms with Gasteiger partial charge >= 0.3 is 0 Å². The molecule has 6 nitrogen and oxygen atoms in total. The monoisotopic (exact) mass is 520 g/mol. The van der Waals surface area contributed by atoms with E-state index in [-0.39, 0.29) is 24.0 Å². The van der Waals surface area contributed by atoms with Gasteiger partial charge in [0, 0.05) is 57.9 Å². The van der Waals surface area contributed by atoms with Crippen molar-refractivity contribution in [1.82, 2.24) is 25.3 Å². The second-order valence-corrected chi connectivity index (χ2v) is 8.72. The fraction of sp³-hybridized carbons (Fsp3) is 0.750. The molecule has 2 aliphatic heterocycles. The van der Waals surface area contributed by atoms with Crippen molar-refractivity contribution in [2.75, 3.05) is 59.9 Å². The third-order valence-electron chi connectivity index (χ3n) is 5.70. The van der Waals surface area contributed by atoms with Gasteiger partial charge in [0.25, 0.3) is 0 Å². The second kappa shape index (κ2) is 12.3. The third kappa shape index (κ3) is 7.44. The molecule has 0 aromatic carbocycles. The van der Waals surface area contributed by atoms with Crippen LogP contribution in [0.5, 0.6) is 0 Å². The molecule has 0 radical (unpaired) electrons. The lowest BCUT2D eigenvalue weighted by Gasteiger charge is -2.37. The van der Waals surface area contributed by atoms with Gasteiger partial charge < -0.3 is 15.5 Å². The first kappa shape index (κ1) is 23.9. The number of nitrogens with one attached hydrogen (secondary N) is 2. The summed E-state index contributed by atoms with van der Waals surface area (Å²) in [6, 6.07) is 3.27. The molecule has 2 N–H and O–H groups in total. The van der Waals surface area contributed by atoms with Crippen LogP contribution in [-0.2, 0) is 6.54 Å². The molecule has 0 aliphatic carbocycles. The van der Waals surface area contributed by atoms with E-state index >= 15 is 0 Å². The van der Waals surface area contributed by atoms with Gasteiger partial charge in [-0.15, -0.1) is 24.0 Å². The van der Waals surface area contributed by atoms with Crippen molar-refractivity contribution in [1.29, 1.82) is 0 Å². The van der Waals surface area contributed by atoms with Crippen molar-refractivity contribution in [3.8, 4) is 0 Å². The zero-order valence-electron chi connectivity index (χ0n) is 17.6. The summed E-state index contributed by atoms with van der Waals surface area (Å²) in [6.45, 7) is 10.7. The Kier molecular flexibility index (Phi) is 10.5. The van der Waals surface area contributed by atoms with Gasteiger partial charge in [-0.25, -0.2) is 0 Å². The number of guanidine groups is 1. The first-order valence-corrected chi connectivity index (χ1v) is 11.3. The molecule has 8 heteroatoms. The molecule has 28 heavy (non-hydrogen) atoms. The van der Waals surface area contributed by atoms with Gasteiger partial charge in [-0.2, -0.15) is 11.3 Å². The number of hydrogen-bond donors (Lipinski definition) is 2. The van der Waals surface area contributed by atoms with Crippen LogP contribution in [0, 0.1) is 0 Å². The molecule has 1 unspecified atom stereocenters. The van der Waals surface area contributed by atoms with E-state index in [1.54, 1.807) is 11.3 Å². The van der Waals surface area contributed by atoms with Crippen molar-refractivity contribution in [3.05, 3.63) is 22.4 Å². The Labute approximate surface area is 191 Å². The Morgan fingerprint density at radius 2 is 2.00 bits per heavy atom. The maximum atomic E-state index is 4.91. The first-order valence-electron chi connectivity index (χ1n) is 10.3. The van der Waals surface area contributed by atoms with Crippen LogP contribution in [0.2, 0.25) is 0 Å². The number of likely N-dealkylation sites (N-methyl/N-ethyl adjacent to an activating group) is 2. The summed E-state index contributed by atoms with van der Waals surface area (Å²) < 4.78 is 0. The van der Waals surface area contributed by atoms with Gasteiger partial charge in [0.05, 0.1) is 6.54 Å². The van der Waals surface area contributed by atoms with E-state index in [9.17, 15) is 0 Å². The molecule has 0 spiro atoms. The Bertz CT molecular complexity index is 573. The van der Waals surface area contributed by atoms with Crippen LogP contribution in [-0.4, -0.2) is 92.7 Å². The highest BCUT2D eigenvalue weighted by atomic mass is 127. The van der Waals surface area contributed by atoms with Crippen LogP contribution < -0.4 is 10.6 Å². The number of halogens is 1. The lowest BCUT2D eigenvalue weighted by molar-refractivity contribution is 0.119. The number of piperazine rings is 1. The number of nitrogens with zero attached hydrogens (tertiary/aromatic N) is 4. The summed E-state index contributed by atoms with van der Waals surface area (Å²) in [5.74, 6) is 0.982. The molecule has 1 aromatic heterocycles. The van der Waals surface area contributed by atoms with Gasteiger partial charge in [-0.1, -0.05) is 0 Å². The van der Waals surface area contributed by atoms with Crippen LogP contribution in [0.1, 0.15) is 25.3 Å². The number of thiophene rings is 1. The quantitative estimate of drug-likeness (QED) is 0.342. The van der Waals surface area contributed by atoms with Crippen molar-refractivity contribution >= 4 is 41.3 Å². The molecule has 1 atom stereocenters. The summed E-state index contributed by atoms with van der Waals surface area (Å²) in [6.07, 6.45) is 2.36. The lowest BCUT2D eigenvalue weighted by atomic mass is 10.0. The Balaban J connectivity index is 0.00000280. The first-order chi connectivity index (χ1) is 13.1. The molecular formula is C20H37IN6S. The highest BCUT2D eigenvalue weighted by molar-refractivity contribution is 14.0. The van der Waals surface area contributed by atoms with Crippen molar-refractivity contribution in [3.63, 3.8) is 0 Å². The molecule has 1 aromatic rings. The summed E-state index contributed by atoms with van der Waals surface area (Å²) in [4.78, 5) is 12.3. The largest absolute Gasteiger partial charge is 0.357 e. The third-order valence-corrected chi connectivity index (χ3v) is 6.43. The Morgan fingerprint density at radius 3 is 2.68 bits per heavy atom. The smallest absolute Gasteiger partial charge is 0.191 e. The predicted octanol–water partition coefficient (Wildman–Crippen LogP) is 2.13. The number of piperidine rings is 1. The van der Waals surface area contributed by atoms with Crippen molar-refractivity contribution in [2.45, 2.75) is 38.4 Å². The number of likely N-dealkylation sites (tertiary alicyclic amines) is 1. The SMILES string of the molecule is CCNC(=NCC1CN(C)CCN1C)NC1CCN(Cc2ccsc2)CC1.I. The van der Waals surface area contributed by atoms with Gasteiger partial charge in [0.1, 0.15) is 0 Å². The van der Waals surface area contributed by atoms with E-state index in [1.165, 1.54) is 18.4 Å². The molecule has 160 valence electrons. The fourth-order valence-electron chi connectivity index (χ4n) is 3.88. The lowest BCUT2D eigenvalue weighted by Crippen LogP contribution is -2.52. The summed E-state index contributed by atoms with van der Waals surface area (Å²) in [5, 5.41) is 11.6.